The second kappa shape index (κ2) is 6.18. The molecule has 1 aromatic carbocycles. The zero-order valence-corrected chi connectivity index (χ0v) is 13.0. The molecule has 2 bridgehead atoms. The van der Waals surface area contributed by atoms with E-state index >= 15 is 0 Å². The van der Waals surface area contributed by atoms with E-state index in [0.29, 0.717) is 24.5 Å². The van der Waals surface area contributed by atoms with Crippen LogP contribution in [0.4, 0.5) is 0 Å². The molecule has 0 N–H and O–H groups in total. The number of ether oxygens (including phenoxy) is 1. The van der Waals surface area contributed by atoms with Crippen molar-refractivity contribution >= 4 is 5.97 Å². The molecule has 3 heteroatoms. The van der Waals surface area contributed by atoms with E-state index in [9.17, 15) is 4.79 Å². The van der Waals surface area contributed by atoms with Crippen molar-refractivity contribution in [1.82, 2.24) is 4.90 Å². The predicted octanol–water partition coefficient (Wildman–Crippen LogP) is 3.18. The third kappa shape index (κ3) is 3.29. The minimum Gasteiger partial charge on any atom is -0.462 e. The summed E-state index contributed by atoms with van der Waals surface area (Å²) < 4.78 is 5.74. The fourth-order valence-electron chi connectivity index (χ4n) is 4.09. The summed E-state index contributed by atoms with van der Waals surface area (Å²) in [5, 5.41) is 0. The lowest BCUT2D eigenvalue weighted by molar-refractivity contribution is -0.152. The molecule has 2 heterocycles. The van der Waals surface area contributed by atoms with Crippen LogP contribution in [0.5, 0.6) is 0 Å². The lowest BCUT2D eigenvalue weighted by atomic mass is 9.98. The van der Waals surface area contributed by atoms with E-state index in [1.807, 2.05) is 30.3 Å². The maximum absolute atomic E-state index is 12.1. The van der Waals surface area contributed by atoms with E-state index in [2.05, 4.69) is 18.7 Å². The maximum Gasteiger partial charge on any atom is 0.310 e. The average molecular weight is 287 g/mol. The molecule has 114 valence electrons. The minimum atomic E-state index is -0.0800. The molecular formula is C18H25NO2. The van der Waals surface area contributed by atoms with Gasteiger partial charge in [-0.25, -0.2) is 0 Å². The molecule has 0 radical (unpaired) electrons. The van der Waals surface area contributed by atoms with Crippen LogP contribution in [-0.4, -0.2) is 35.1 Å². The molecule has 0 spiro atoms. The Hall–Kier alpha value is -1.35. The van der Waals surface area contributed by atoms with Crippen molar-refractivity contribution in [2.75, 3.05) is 0 Å². The number of piperidine rings is 1. The number of hydrogen-bond donors (Lipinski definition) is 0. The van der Waals surface area contributed by atoms with Crippen molar-refractivity contribution in [3.05, 3.63) is 35.9 Å². The van der Waals surface area contributed by atoms with Crippen molar-refractivity contribution < 1.29 is 9.53 Å². The second-order valence-corrected chi connectivity index (χ2v) is 6.67. The van der Waals surface area contributed by atoms with Gasteiger partial charge in [-0.1, -0.05) is 30.3 Å². The van der Waals surface area contributed by atoms with Gasteiger partial charge < -0.3 is 4.74 Å². The number of esters is 1. The van der Waals surface area contributed by atoms with E-state index in [1.54, 1.807) is 0 Å². The van der Waals surface area contributed by atoms with Crippen molar-refractivity contribution in [2.45, 2.75) is 70.2 Å². The SMILES string of the molecule is CC(C)N1[C@@H]2CC[C@H]1CC(OC(=O)Cc1ccccc1)C2. The fraction of sp³-hybridized carbons (Fsp3) is 0.611. The normalized spacial score (nSPS) is 28.8. The molecule has 0 aliphatic carbocycles. The summed E-state index contributed by atoms with van der Waals surface area (Å²) in [6.07, 6.45) is 5.05. The number of rotatable bonds is 4. The highest BCUT2D eigenvalue weighted by Crippen LogP contribution is 2.38. The highest BCUT2D eigenvalue weighted by Gasteiger charge is 2.42. The van der Waals surface area contributed by atoms with Crippen LogP contribution in [-0.2, 0) is 16.0 Å². The zero-order valence-electron chi connectivity index (χ0n) is 13.0. The smallest absolute Gasteiger partial charge is 0.310 e. The van der Waals surface area contributed by atoms with Gasteiger partial charge in [-0.15, -0.1) is 0 Å². The van der Waals surface area contributed by atoms with Gasteiger partial charge in [0.25, 0.3) is 0 Å². The predicted molar refractivity (Wildman–Crippen MR) is 83.0 cm³/mol. The Morgan fingerprint density at radius 3 is 2.38 bits per heavy atom. The molecule has 1 aromatic rings. The van der Waals surface area contributed by atoms with Crippen molar-refractivity contribution in [3.8, 4) is 0 Å². The van der Waals surface area contributed by atoms with Crippen LogP contribution in [0.15, 0.2) is 30.3 Å². The van der Waals surface area contributed by atoms with E-state index in [0.717, 1.165) is 18.4 Å². The molecule has 2 saturated heterocycles. The highest BCUT2D eigenvalue weighted by molar-refractivity contribution is 5.72. The lowest BCUT2D eigenvalue weighted by Crippen LogP contribution is -2.49. The Morgan fingerprint density at radius 1 is 1.19 bits per heavy atom. The molecule has 21 heavy (non-hydrogen) atoms. The number of carbonyl (C=O) groups is 1. The van der Waals surface area contributed by atoms with Gasteiger partial charge >= 0.3 is 5.97 Å². The van der Waals surface area contributed by atoms with E-state index in [-0.39, 0.29) is 12.1 Å². The van der Waals surface area contributed by atoms with Gasteiger partial charge in [0.15, 0.2) is 0 Å². The third-order valence-corrected chi connectivity index (χ3v) is 4.83. The van der Waals surface area contributed by atoms with Gasteiger partial charge in [0, 0.05) is 31.0 Å². The summed E-state index contributed by atoms with van der Waals surface area (Å²) in [4.78, 5) is 14.7. The van der Waals surface area contributed by atoms with Crippen molar-refractivity contribution in [3.63, 3.8) is 0 Å². The maximum atomic E-state index is 12.1. The van der Waals surface area contributed by atoms with Crippen molar-refractivity contribution in [2.24, 2.45) is 0 Å². The highest BCUT2D eigenvalue weighted by atomic mass is 16.5. The first-order chi connectivity index (χ1) is 10.1. The van der Waals surface area contributed by atoms with Gasteiger partial charge in [-0.05, 0) is 32.3 Å². The first-order valence-corrected chi connectivity index (χ1v) is 8.14. The second-order valence-electron chi connectivity index (χ2n) is 6.67. The van der Waals surface area contributed by atoms with E-state index in [4.69, 9.17) is 4.74 Å². The largest absolute Gasteiger partial charge is 0.462 e. The Morgan fingerprint density at radius 2 is 1.81 bits per heavy atom. The molecule has 3 nitrogen and oxygen atoms in total. The molecule has 0 aromatic heterocycles. The molecular weight excluding hydrogens is 262 g/mol. The Labute approximate surface area is 127 Å². The molecule has 0 saturated carbocycles. The summed E-state index contributed by atoms with van der Waals surface area (Å²) in [7, 11) is 0. The van der Waals surface area contributed by atoms with Crippen LogP contribution in [0.1, 0.15) is 45.1 Å². The van der Waals surface area contributed by atoms with Gasteiger partial charge in [0.1, 0.15) is 6.10 Å². The summed E-state index contributed by atoms with van der Waals surface area (Å²) in [6, 6.07) is 11.7. The van der Waals surface area contributed by atoms with Gasteiger partial charge in [-0.2, -0.15) is 0 Å². The number of nitrogens with zero attached hydrogens (tertiary/aromatic N) is 1. The summed E-state index contributed by atoms with van der Waals surface area (Å²) in [5.41, 5.74) is 1.03. The van der Waals surface area contributed by atoms with Crippen LogP contribution in [0, 0.1) is 0 Å². The van der Waals surface area contributed by atoms with Crippen LogP contribution >= 0.6 is 0 Å². The summed E-state index contributed by atoms with van der Waals surface area (Å²) in [5.74, 6) is -0.0800. The first-order valence-electron chi connectivity index (χ1n) is 8.14. The number of benzene rings is 1. The first kappa shape index (κ1) is 14.6. The minimum absolute atomic E-state index is 0.0800. The van der Waals surface area contributed by atoms with Crippen LogP contribution < -0.4 is 0 Å². The molecule has 1 unspecified atom stereocenters. The molecule has 2 aliphatic rings. The Kier molecular flexibility index (Phi) is 4.29. The number of carbonyl (C=O) groups excluding carboxylic acids is 1. The van der Waals surface area contributed by atoms with Gasteiger partial charge in [0.05, 0.1) is 6.42 Å². The van der Waals surface area contributed by atoms with Crippen LogP contribution in [0.3, 0.4) is 0 Å². The molecule has 3 atom stereocenters. The third-order valence-electron chi connectivity index (χ3n) is 4.83. The molecule has 3 rings (SSSR count). The standard InChI is InChI=1S/C18H25NO2/c1-13(2)19-15-8-9-16(19)12-17(11-15)21-18(20)10-14-6-4-3-5-7-14/h3-7,13,15-17H,8-12H2,1-2H3/t15-,16+,17?. The average Bonchev–Trinajstić information content (AvgIpc) is 2.72. The number of fused-ring (bicyclic) bond motifs is 2. The van der Waals surface area contributed by atoms with Crippen LogP contribution in [0.2, 0.25) is 0 Å². The molecule has 0 amide bonds. The number of hydrogen-bond acceptors (Lipinski definition) is 3. The van der Waals surface area contributed by atoms with Gasteiger partial charge in [0.2, 0.25) is 0 Å². The fourth-order valence-corrected chi connectivity index (χ4v) is 4.09. The summed E-state index contributed by atoms with van der Waals surface area (Å²) >= 11 is 0. The topological polar surface area (TPSA) is 29.5 Å². The van der Waals surface area contributed by atoms with E-state index < -0.39 is 0 Å². The molecule has 2 fully saturated rings. The van der Waals surface area contributed by atoms with Crippen molar-refractivity contribution in [1.29, 1.82) is 0 Å². The quantitative estimate of drug-likeness (QED) is 0.797. The Bertz CT molecular complexity index is 471. The lowest BCUT2D eigenvalue weighted by Gasteiger charge is -2.41. The monoisotopic (exact) mass is 287 g/mol. The summed E-state index contributed by atoms with van der Waals surface area (Å²) in [6.45, 7) is 4.54. The zero-order chi connectivity index (χ0) is 14.8. The van der Waals surface area contributed by atoms with E-state index in [1.165, 1.54) is 12.8 Å². The van der Waals surface area contributed by atoms with Gasteiger partial charge in [-0.3, -0.25) is 9.69 Å². The van der Waals surface area contributed by atoms with Crippen LogP contribution in [0.25, 0.3) is 0 Å². The Balaban J connectivity index is 1.54. The molecule has 2 aliphatic heterocycles.